The average molecular weight is 211 g/mol. The normalized spacial score (nSPS) is 15.0. The first-order valence-electron chi connectivity index (χ1n) is 4.93. The van der Waals surface area contributed by atoms with Gasteiger partial charge in [0.1, 0.15) is 12.2 Å². The second kappa shape index (κ2) is 4.88. The maximum atomic E-state index is 11.6. The van der Waals surface area contributed by atoms with E-state index in [-0.39, 0.29) is 17.9 Å². The second-order valence-electron chi connectivity index (χ2n) is 3.87. The molecule has 1 heterocycles. The van der Waals surface area contributed by atoms with Crippen LogP contribution in [-0.4, -0.2) is 27.1 Å². The Morgan fingerprint density at radius 2 is 2.20 bits per heavy atom. The van der Waals surface area contributed by atoms with Crippen LogP contribution in [-0.2, 0) is 4.79 Å². The summed E-state index contributed by atoms with van der Waals surface area (Å²) >= 11 is 0. The molecule has 84 valence electrons. The van der Waals surface area contributed by atoms with Gasteiger partial charge >= 0.3 is 0 Å². The maximum Gasteiger partial charge on any atom is 0.237 e. The highest BCUT2D eigenvalue weighted by atomic mass is 16.2. The summed E-state index contributed by atoms with van der Waals surface area (Å²) in [5, 5.41) is 9.17. The van der Waals surface area contributed by atoms with E-state index in [1.54, 1.807) is 0 Å². The molecule has 1 amide bonds. The molecule has 1 rings (SSSR count). The van der Waals surface area contributed by atoms with E-state index in [1.165, 1.54) is 6.33 Å². The minimum atomic E-state index is -0.490. The van der Waals surface area contributed by atoms with Gasteiger partial charge in [-0.3, -0.25) is 9.89 Å². The zero-order valence-electron chi connectivity index (χ0n) is 9.19. The van der Waals surface area contributed by atoms with Crippen LogP contribution in [0.3, 0.4) is 0 Å². The minimum Gasteiger partial charge on any atom is -0.345 e. The Morgan fingerprint density at radius 1 is 1.53 bits per heavy atom. The topological polar surface area (TPSA) is 96.7 Å². The molecular weight excluding hydrogens is 194 g/mol. The monoisotopic (exact) mass is 211 g/mol. The fourth-order valence-electron chi connectivity index (χ4n) is 1.10. The van der Waals surface area contributed by atoms with Crippen molar-refractivity contribution in [1.29, 1.82) is 0 Å². The van der Waals surface area contributed by atoms with Gasteiger partial charge in [0.05, 0.1) is 12.1 Å². The second-order valence-corrected chi connectivity index (χ2v) is 3.87. The average Bonchev–Trinajstić information content (AvgIpc) is 2.68. The van der Waals surface area contributed by atoms with Crippen LogP contribution in [0.1, 0.15) is 32.6 Å². The molecule has 0 aliphatic heterocycles. The molecule has 0 radical (unpaired) electrons. The van der Waals surface area contributed by atoms with E-state index in [4.69, 9.17) is 5.73 Å². The van der Waals surface area contributed by atoms with Gasteiger partial charge in [0.15, 0.2) is 0 Å². The van der Waals surface area contributed by atoms with Gasteiger partial charge in [-0.15, -0.1) is 0 Å². The number of nitrogens with one attached hydrogen (secondary N) is 2. The Labute approximate surface area is 88.7 Å². The summed E-state index contributed by atoms with van der Waals surface area (Å²) in [6, 6.07) is -0.694. The van der Waals surface area contributed by atoms with E-state index in [0.29, 0.717) is 5.82 Å². The van der Waals surface area contributed by atoms with Gasteiger partial charge in [-0.1, -0.05) is 13.8 Å². The third-order valence-corrected chi connectivity index (χ3v) is 2.22. The number of hydrogen-bond donors (Lipinski definition) is 3. The molecule has 1 unspecified atom stereocenters. The summed E-state index contributed by atoms with van der Waals surface area (Å²) in [7, 11) is 0. The lowest BCUT2D eigenvalue weighted by atomic mass is 10.0. The van der Waals surface area contributed by atoms with Crippen LogP contribution in [0, 0.1) is 5.92 Å². The highest BCUT2D eigenvalue weighted by molar-refractivity contribution is 5.82. The van der Waals surface area contributed by atoms with Crippen molar-refractivity contribution in [2.45, 2.75) is 32.9 Å². The molecule has 2 atom stereocenters. The third kappa shape index (κ3) is 3.02. The van der Waals surface area contributed by atoms with Crippen LogP contribution < -0.4 is 11.1 Å². The Kier molecular flexibility index (Phi) is 3.79. The van der Waals surface area contributed by atoms with Crippen molar-refractivity contribution in [3.8, 4) is 0 Å². The highest BCUT2D eigenvalue weighted by Gasteiger charge is 2.20. The number of nitrogens with zero attached hydrogens (tertiary/aromatic N) is 2. The fraction of sp³-hybridized carbons (Fsp3) is 0.667. The van der Waals surface area contributed by atoms with E-state index in [0.717, 1.165) is 0 Å². The van der Waals surface area contributed by atoms with Crippen LogP contribution in [0.2, 0.25) is 0 Å². The molecule has 0 spiro atoms. The maximum absolute atomic E-state index is 11.6. The number of carbonyl (C=O) groups excluding carboxylic acids is 1. The molecular formula is C9H17N5O. The van der Waals surface area contributed by atoms with Crippen molar-refractivity contribution in [1.82, 2.24) is 20.5 Å². The zero-order valence-corrected chi connectivity index (χ0v) is 9.19. The first kappa shape index (κ1) is 11.6. The van der Waals surface area contributed by atoms with Crippen molar-refractivity contribution in [2.75, 3.05) is 0 Å². The molecule has 15 heavy (non-hydrogen) atoms. The number of hydrogen-bond acceptors (Lipinski definition) is 4. The Bertz CT molecular complexity index is 308. The number of aromatic amines is 1. The van der Waals surface area contributed by atoms with E-state index >= 15 is 0 Å². The molecule has 0 saturated heterocycles. The predicted molar refractivity (Wildman–Crippen MR) is 55.8 cm³/mol. The molecule has 0 aliphatic rings. The molecule has 4 N–H and O–H groups in total. The summed E-state index contributed by atoms with van der Waals surface area (Å²) in [6.07, 6.45) is 1.40. The summed E-state index contributed by atoms with van der Waals surface area (Å²) < 4.78 is 0. The molecule has 1 aromatic rings. The number of amides is 1. The molecule has 6 heteroatoms. The first-order valence-corrected chi connectivity index (χ1v) is 4.93. The fourth-order valence-corrected chi connectivity index (χ4v) is 1.10. The lowest BCUT2D eigenvalue weighted by Gasteiger charge is -2.18. The molecule has 1 aromatic heterocycles. The van der Waals surface area contributed by atoms with Crippen molar-refractivity contribution in [3.63, 3.8) is 0 Å². The van der Waals surface area contributed by atoms with Crippen LogP contribution in [0.25, 0.3) is 0 Å². The Morgan fingerprint density at radius 3 is 2.67 bits per heavy atom. The van der Waals surface area contributed by atoms with E-state index in [9.17, 15) is 4.79 Å². The van der Waals surface area contributed by atoms with Crippen LogP contribution in [0.15, 0.2) is 6.33 Å². The number of rotatable bonds is 4. The van der Waals surface area contributed by atoms with Gasteiger partial charge in [-0.05, 0) is 12.8 Å². The summed E-state index contributed by atoms with van der Waals surface area (Å²) in [5.74, 6) is 0.570. The van der Waals surface area contributed by atoms with Crippen molar-refractivity contribution < 1.29 is 4.79 Å². The molecule has 0 bridgehead atoms. The molecule has 0 fully saturated rings. The first-order chi connectivity index (χ1) is 7.02. The van der Waals surface area contributed by atoms with E-state index in [2.05, 4.69) is 20.5 Å². The zero-order chi connectivity index (χ0) is 11.4. The van der Waals surface area contributed by atoms with Gasteiger partial charge in [0, 0.05) is 0 Å². The molecule has 0 aliphatic carbocycles. The SMILES string of the molecule is CC(NC(=O)[C@@H](N)C(C)C)c1ncn[nH]1. The number of aromatic nitrogens is 3. The Balaban J connectivity index is 2.52. The minimum absolute atomic E-state index is 0.118. The Hall–Kier alpha value is -1.43. The van der Waals surface area contributed by atoms with Gasteiger partial charge in [0.2, 0.25) is 5.91 Å². The van der Waals surface area contributed by atoms with E-state index < -0.39 is 6.04 Å². The van der Waals surface area contributed by atoms with Crippen LogP contribution >= 0.6 is 0 Å². The molecule has 0 saturated carbocycles. The lowest BCUT2D eigenvalue weighted by molar-refractivity contribution is -0.123. The smallest absolute Gasteiger partial charge is 0.237 e. The highest BCUT2D eigenvalue weighted by Crippen LogP contribution is 2.06. The van der Waals surface area contributed by atoms with Gasteiger partial charge in [-0.2, -0.15) is 5.10 Å². The lowest BCUT2D eigenvalue weighted by Crippen LogP contribution is -2.44. The van der Waals surface area contributed by atoms with Crippen molar-refractivity contribution >= 4 is 5.91 Å². The van der Waals surface area contributed by atoms with Crippen LogP contribution in [0.5, 0.6) is 0 Å². The number of carbonyl (C=O) groups is 1. The molecule has 0 aromatic carbocycles. The van der Waals surface area contributed by atoms with Gasteiger partial charge < -0.3 is 11.1 Å². The predicted octanol–water partition coefficient (Wildman–Crippen LogP) is -0.0348. The summed E-state index contributed by atoms with van der Waals surface area (Å²) in [6.45, 7) is 5.64. The van der Waals surface area contributed by atoms with Crippen molar-refractivity contribution in [2.24, 2.45) is 11.7 Å². The summed E-state index contributed by atoms with van der Waals surface area (Å²) in [4.78, 5) is 15.5. The van der Waals surface area contributed by atoms with Gasteiger partial charge in [-0.25, -0.2) is 4.98 Å². The van der Waals surface area contributed by atoms with E-state index in [1.807, 2.05) is 20.8 Å². The molecule has 6 nitrogen and oxygen atoms in total. The van der Waals surface area contributed by atoms with Crippen molar-refractivity contribution in [3.05, 3.63) is 12.2 Å². The largest absolute Gasteiger partial charge is 0.345 e. The summed E-state index contributed by atoms with van der Waals surface area (Å²) in [5.41, 5.74) is 5.70. The van der Waals surface area contributed by atoms with Gasteiger partial charge in [0.25, 0.3) is 0 Å². The standard InChI is InChI=1S/C9H17N5O/c1-5(2)7(10)9(15)13-6(3)8-11-4-12-14-8/h4-7H,10H2,1-3H3,(H,13,15)(H,11,12,14)/t6?,7-/m0/s1. The number of nitrogens with two attached hydrogens (primary N) is 1. The third-order valence-electron chi connectivity index (χ3n) is 2.22. The quantitative estimate of drug-likeness (QED) is 0.651. The number of H-pyrrole nitrogens is 1. The van der Waals surface area contributed by atoms with Crippen LogP contribution in [0.4, 0.5) is 0 Å².